The van der Waals surface area contributed by atoms with Crippen molar-refractivity contribution in [1.82, 2.24) is 0 Å². The second kappa shape index (κ2) is 6.27. The van der Waals surface area contributed by atoms with Crippen LogP contribution in [0.5, 0.6) is 0 Å². The molecule has 0 radical (unpaired) electrons. The van der Waals surface area contributed by atoms with Crippen LogP contribution < -0.4 is 10.2 Å². The Labute approximate surface area is 108 Å². The molecule has 1 aromatic rings. The summed E-state index contributed by atoms with van der Waals surface area (Å²) >= 11 is 0. The van der Waals surface area contributed by atoms with Crippen molar-refractivity contribution in [1.29, 1.82) is 5.26 Å². The summed E-state index contributed by atoms with van der Waals surface area (Å²) in [4.78, 5) is 2.33. The summed E-state index contributed by atoms with van der Waals surface area (Å²) in [5, 5.41) is 11.9. The van der Waals surface area contributed by atoms with Gasteiger partial charge in [-0.15, -0.1) is 0 Å². The summed E-state index contributed by atoms with van der Waals surface area (Å²) in [7, 11) is 0. The van der Waals surface area contributed by atoms with Crippen molar-refractivity contribution in [2.24, 2.45) is 0 Å². The number of nitrogens with zero attached hydrogens (tertiary/aromatic N) is 2. The van der Waals surface area contributed by atoms with E-state index in [0.29, 0.717) is 6.42 Å². The van der Waals surface area contributed by atoms with Crippen molar-refractivity contribution in [3.8, 4) is 6.07 Å². The lowest BCUT2D eigenvalue weighted by atomic mass is 10.2. The average Bonchev–Trinajstić information content (AvgIpc) is 2.41. The van der Waals surface area contributed by atoms with Crippen LogP contribution in [0.2, 0.25) is 0 Å². The molecule has 1 N–H and O–H groups in total. The van der Waals surface area contributed by atoms with E-state index in [0.717, 1.165) is 32.0 Å². The number of hydrogen-bond donors (Lipinski definition) is 1. The molecule has 1 atom stereocenters. The fourth-order valence-corrected chi connectivity index (χ4v) is 2.06. The van der Waals surface area contributed by atoms with Crippen molar-refractivity contribution in [3.05, 3.63) is 24.3 Å². The standard InChI is InChI=1S/C14H19N3O/c1-12(6-7-15)16-13-2-4-14(5-3-13)17-8-10-18-11-9-17/h2-5,12,16H,6,8-11H2,1H3. The van der Waals surface area contributed by atoms with Crippen LogP contribution in [0, 0.1) is 11.3 Å². The molecule has 18 heavy (non-hydrogen) atoms. The summed E-state index contributed by atoms with van der Waals surface area (Å²) in [5.74, 6) is 0. The molecule has 1 aliphatic rings. The Morgan fingerprint density at radius 2 is 2.00 bits per heavy atom. The molecule has 1 saturated heterocycles. The lowest BCUT2D eigenvalue weighted by Gasteiger charge is -2.29. The third kappa shape index (κ3) is 3.38. The zero-order valence-corrected chi connectivity index (χ0v) is 10.7. The molecule has 4 nitrogen and oxygen atoms in total. The highest BCUT2D eigenvalue weighted by molar-refractivity contribution is 5.55. The zero-order valence-electron chi connectivity index (χ0n) is 10.7. The van der Waals surface area contributed by atoms with Crippen LogP contribution in [0.4, 0.5) is 11.4 Å². The molecule has 1 heterocycles. The van der Waals surface area contributed by atoms with Gasteiger partial charge in [0.2, 0.25) is 0 Å². The van der Waals surface area contributed by atoms with Gasteiger partial charge in [0.15, 0.2) is 0 Å². The van der Waals surface area contributed by atoms with Gasteiger partial charge in [0, 0.05) is 30.5 Å². The number of hydrogen-bond acceptors (Lipinski definition) is 4. The van der Waals surface area contributed by atoms with E-state index in [1.165, 1.54) is 5.69 Å². The fourth-order valence-electron chi connectivity index (χ4n) is 2.06. The van der Waals surface area contributed by atoms with E-state index in [4.69, 9.17) is 10.00 Å². The van der Waals surface area contributed by atoms with Gasteiger partial charge in [-0.2, -0.15) is 5.26 Å². The van der Waals surface area contributed by atoms with Crippen molar-refractivity contribution in [3.63, 3.8) is 0 Å². The first-order chi connectivity index (χ1) is 8.79. The first kappa shape index (κ1) is 12.7. The number of anilines is 2. The van der Waals surface area contributed by atoms with Gasteiger partial charge in [-0.05, 0) is 31.2 Å². The minimum absolute atomic E-state index is 0.184. The van der Waals surface area contributed by atoms with Gasteiger partial charge in [-0.3, -0.25) is 0 Å². The molecule has 0 saturated carbocycles. The Kier molecular flexibility index (Phi) is 4.43. The Morgan fingerprint density at radius 3 is 2.61 bits per heavy atom. The monoisotopic (exact) mass is 245 g/mol. The number of nitriles is 1. The molecule has 1 aromatic carbocycles. The Hall–Kier alpha value is -1.73. The summed E-state index contributed by atoms with van der Waals surface area (Å²) in [6.07, 6.45) is 0.519. The largest absolute Gasteiger partial charge is 0.382 e. The highest BCUT2D eigenvalue weighted by Gasteiger charge is 2.10. The molecule has 0 aliphatic carbocycles. The molecule has 4 heteroatoms. The molecule has 1 fully saturated rings. The predicted octanol–water partition coefficient (Wildman–Crippen LogP) is 2.24. The van der Waals surface area contributed by atoms with E-state index in [9.17, 15) is 0 Å². The van der Waals surface area contributed by atoms with E-state index in [-0.39, 0.29) is 6.04 Å². The minimum Gasteiger partial charge on any atom is -0.382 e. The maximum absolute atomic E-state index is 8.62. The predicted molar refractivity (Wildman–Crippen MR) is 72.8 cm³/mol. The number of morpholine rings is 1. The highest BCUT2D eigenvalue weighted by Crippen LogP contribution is 2.19. The summed E-state index contributed by atoms with van der Waals surface area (Å²) in [6, 6.07) is 10.7. The van der Waals surface area contributed by atoms with Gasteiger partial charge in [0.25, 0.3) is 0 Å². The summed E-state index contributed by atoms with van der Waals surface area (Å²) in [6.45, 7) is 5.53. The van der Waals surface area contributed by atoms with E-state index in [1.807, 2.05) is 6.92 Å². The molecule has 0 aromatic heterocycles. The number of ether oxygens (including phenoxy) is 1. The van der Waals surface area contributed by atoms with Gasteiger partial charge in [-0.25, -0.2) is 0 Å². The molecular weight excluding hydrogens is 226 g/mol. The maximum atomic E-state index is 8.62. The molecule has 2 rings (SSSR count). The average molecular weight is 245 g/mol. The van der Waals surface area contributed by atoms with Gasteiger partial charge < -0.3 is 15.0 Å². The molecule has 0 spiro atoms. The van der Waals surface area contributed by atoms with Crippen molar-refractivity contribution in [2.45, 2.75) is 19.4 Å². The SMILES string of the molecule is CC(CC#N)Nc1ccc(N2CCOCC2)cc1. The molecular formula is C14H19N3O. The lowest BCUT2D eigenvalue weighted by Crippen LogP contribution is -2.36. The Balaban J connectivity index is 1.94. The fraction of sp³-hybridized carbons (Fsp3) is 0.500. The van der Waals surface area contributed by atoms with E-state index < -0.39 is 0 Å². The van der Waals surface area contributed by atoms with E-state index in [2.05, 4.69) is 40.6 Å². The second-order valence-corrected chi connectivity index (χ2v) is 4.55. The topological polar surface area (TPSA) is 48.3 Å². The van der Waals surface area contributed by atoms with Crippen LogP contribution in [0.15, 0.2) is 24.3 Å². The smallest absolute Gasteiger partial charge is 0.0643 e. The van der Waals surface area contributed by atoms with Crippen molar-refractivity contribution >= 4 is 11.4 Å². The van der Waals surface area contributed by atoms with Crippen LogP contribution >= 0.6 is 0 Å². The molecule has 1 unspecified atom stereocenters. The van der Waals surface area contributed by atoms with Gasteiger partial charge in [0.05, 0.1) is 25.7 Å². The van der Waals surface area contributed by atoms with Gasteiger partial charge >= 0.3 is 0 Å². The van der Waals surface area contributed by atoms with Crippen LogP contribution in [0.25, 0.3) is 0 Å². The third-order valence-corrected chi connectivity index (χ3v) is 3.05. The third-order valence-electron chi connectivity index (χ3n) is 3.05. The van der Waals surface area contributed by atoms with Crippen LogP contribution in [0.3, 0.4) is 0 Å². The molecule has 96 valence electrons. The van der Waals surface area contributed by atoms with Gasteiger partial charge in [0.1, 0.15) is 0 Å². The van der Waals surface area contributed by atoms with Gasteiger partial charge in [-0.1, -0.05) is 0 Å². The molecule has 0 amide bonds. The van der Waals surface area contributed by atoms with Crippen LogP contribution in [-0.2, 0) is 4.74 Å². The first-order valence-corrected chi connectivity index (χ1v) is 6.36. The van der Waals surface area contributed by atoms with E-state index in [1.54, 1.807) is 0 Å². The minimum atomic E-state index is 0.184. The molecule has 0 bridgehead atoms. The number of rotatable bonds is 4. The summed E-state index contributed by atoms with van der Waals surface area (Å²) in [5.41, 5.74) is 2.30. The summed E-state index contributed by atoms with van der Waals surface area (Å²) < 4.78 is 5.34. The normalized spacial score (nSPS) is 17.0. The van der Waals surface area contributed by atoms with Crippen molar-refractivity contribution in [2.75, 3.05) is 36.5 Å². The van der Waals surface area contributed by atoms with Crippen molar-refractivity contribution < 1.29 is 4.74 Å². The van der Waals surface area contributed by atoms with E-state index >= 15 is 0 Å². The lowest BCUT2D eigenvalue weighted by molar-refractivity contribution is 0.122. The zero-order chi connectivity index (χ0) is 12.8. The number of nitrogens with one attached hydrogen (secondary N) is 1. The highest BCUT2D eigenvalue weighted by atomic mass is 16.5. The second-order valence-electron chi connectivity index (χ2n) is 4.55. The van der Waals surface area contributed by atoms with Crippen LogP contribution in [-0.4, -0.2) is 32.3 Å². The van der Waals surface area contributed by atoms with Crippen LogP contribution in [0.1, 0.15) is 13.3 Å². The quantitative estimate of drug-likeness (QED) is 0.883. The molecule has 1 aliphatic heterocycles. The maximum Gasteiger partial charge on any atom is 0.0643 e. The Bertz CT molecular complexity index is 404. The first-order valence-electron chi connectivity index (χ1n) is 6.36. The Morgan fingerprint density at radius 1 is 1.33 bits per heavy atom. The number of benzene rings is 1.